The van der Waals surface area contributed by atoms with Gasteiger partial charge in [0, 0.05) is 6.54 Å². The minimum absolute atomic E-state index is 0.108. The molecule has 0 aliphatic carbocycles. The molecule has 0 saturated carbocycles. The lowest BCUT2D eigenvalue weighted by molar-refractivity contribution is -0.113. The quantitative estimate of drug-likeness (QED) is 0.572. The van der Waals surface area contributed by atoms with Gasteiger partial charge in [0.1, 0.15) is 6.33 Å². The van der Waals surface area contributed by atoms with Crippen molar-refractivity contribution in [1.29, 1.82) is 0 Å². The van der Waals surface area contributed by atoms with Crippen molar-refractivity contribution < 1.29 is 4.79 Å². The number of hydrogen-bond acceptors (Lipinski definition) is 4. The molecule has 1 N–H and O–H groups in total. The Hall–Kier alpha value is -1.53. The van der Waals surface area contributed by atoms with Crippen LogP contribution in [0.25, 0.3) is 0 Å². The van der Waals surface area contributed by atoms with Gasteiger partial charge in [0.2, 0.25) is 5.91 Å². The van der Waals surface area contributed by atoms with E-state index in [2.05, 4.69) is 22.4 Å². The maximum Gasteiger partial charge on any atom is 0.234 e. The zero-order valence-corrected chi connectivity index (χ0v) is 15.0. The average molecular weight is 353 g/mol. The number of thioether (sulfide) groups is 1. The van der Waals surface area contributed by atoms with Gasteiger partial charge in [0.25, 0.3) is 0 Å². The Kier molecular flexibility index (Phi) is 6.92. The van der Waals surface area contributed by atoms with Gasteiger partial charge in [-0.1, -0.05) is 49.2 Å². The van der Waals surface area contributed by atoms with E-state index in [0.717, 1.165) is 23.7 Å². The van der Waals surface area contributed by atoms with Crippen LogP contribution in [0.5, 0.6) is 0 Å². The van der Waals surface area contributed by atoms with Crippen LogP contribution in [-0.4, -0.2) is 26.4 Å². The van der Waals surface area contributed by atoms with Crippen LogP contribution in [-0.2, 0) is 11.3 Å². The van der Waals surface area contributed by atoms with Gasteiger partial charge in [0.15, 0.2) is 5.16 Å². The molecule has 1 aromatic carbocycles. The summed E-state index contributed by atoms with van der Waals surface area (Å²) < 4.78 is 1.99. The van der Waals surface area contributed by atoms with E-state index in [4.69, 9.17) is 11.6 Å². The number of aryl methyl sites for hydroxylation is 2. The average Bonchev–Trinajstić information content (AvgIpc) is 2.96. The molecule has 1 aromatic heterocycles. The van der Waals surface area contributed by atoms with Crippen molar-refractivity contribution in [3.63, 3.8) is 0 Å². The Morgan fingerprint density at radius 1 is 1.39 bits per heavy atom. The summed E-state index contributed by atoms with van der Waals surface area (Å²) in [6.07, 6.45) is 5.15. The molecule has 0 radical (unpaired) electrons. The summed E-state index contributed by atoms with van der Waals surface area (Å²) in [6, 6.07) is 5.56. The molecule has 124 valence electrons. The largest absolute Gasteiger partial charge is 0.324 e. The molecule has 1 heterocycles. The van der Waals surface area contributed by atoms with E-state index in [1.165, 1.54) is 24.6 Å². The molecule has 2 aromatic rings. The number of benzene rings is 1. The molecule has 0 aliphatic rings. The Labute approximate surface area is 145 Å². The topological polar surface area (TPSA) is 59.8 Å². The van der Waals surface area contributed by atoms with Crippen LogP contribution in [0.2, 0.25) is 5.02 Å². The minimum Gasteiger partial charge on any atom is -0.324 e. The smallest absolute Gasteiger partial charge is 0.234 e. The molecule has 0 bridgehead atoms. The van der Waals surface area contributed by atoms with Crippen LogP contribution in [0.15, 0.2) is 29.7 Å². The van der Waals surface area contributed by atoms with Crippen LogP contribution in [0.1, 0.15) is 31.7 Å². The normalized spacial score (nSPS) is 10.7. The molecular formula is C16H21ClN4OS. The third-order valence-corrected chi connectivity index (χ3v) is 4.61. The molecule has 23 heavy (non-hydrogen) atoms. The molecule has 0 fully saturated rings. The lowest BCUT2D eigenvalue weighted by atomic mass is 10.2. The van der Waals surface area contributed by atoms with Crippen LogP contribution in [0, 0.1) is 6.92 Å². The first-order chi connectivity index (χ1) is 11.1. The highest BCUT2D eigenvalue weighted by molar-refractivity contribution is 7.99. The Bertz CT molecular complexity index is 659. The Morgan fingerprint density at radius 2 is 2.22 bits per heavy atom. The van der Waals surface area contributed by atoms with Crippen LogP contribution < -0.4 is 5.32 Å². The van der Waals surface area contributed by atoms with E-state index in [-0.39, 0.29) is 11.7 Å². The van der Waals surface area contributed by atoms with Crippen molar-refractivity contribution in [3.8, 4) is 0 Å². The van der Waals surface area contributed by atoms with E-state index >= 15 is 0 Å². The fourth-order valence-corrected chi connectivity index (χ4v) is 3.10. The first kappa shape index (κ1) is 17.8. The number of carbonyl (C=O) groups is 1. The van der Waals surface area contributed by atoms with E-state index in [0.29, 0.717) is 10.7 Å². The van der Waals surface area contributed by atoms with Crippen LogP contribution in [0.4, 0.5) is 5.69 Å². The first-order valence-electron chi connectivity index (χ1n) is 7.66. The predicted molar refractivity (Wildman–Crippen MR) is 95.1 cm³/mol. The van der Waals surface area contributed by atoms with Gasteiger partial charge in [-0.05, 0) is 31.0 Å². The zero-order chi connectivity index (χ0) is 16.7. The number of aromatic nitrogens is 3. The lowest BCUT2D eigenvalue weighted by Gasteiger charge is -2.08. The number of unbranched alkanes of at least 4 members (excludes halogenated alkanes) is 2. The summed E-state index contributed by atoms with van der Waals surface area (Å²) in [6.45, 7) is 5.01. The molecular weight excluding hydrogens is 332 g/mol. The van der Waals surface area contributed by atoms with Crippen molar-refractivity contribution in [2.75, 3.05) is 11.1 Å². The van der Waals surface area contributed by atoms with Crippen LogP contribution >= 0.6 is 23.4 Å². The van der Waals surface area contributed by atoms with Gasteiger partial charge in [-0.25, -0.2) is 0 Å². The first-order valence-corrected chi connectivity index (χ1v) is 9.03. The van der Waals surface area contributed by atoms with Gasteiger partial charge in [-0.2, -0.15) is 0 Å². The molecule has 0 aliphatic heterocycles. The molecule has 2 rings (SSSR count). The fraction of sp³-hybridized carbons (Fsp3) is 0.438. The second kappa shape index (κ2) is 8.93. The molecule has 5 nitrogen and oxygen atoms in total. The highest BCUT2D eigenvalue weighted by Gasteiger charge is 2.10. The SMILES string of the molecule is CCCCCn1cnnc1SCC(=O)Nc1ccc(C)cc1Cl. The highest BCUT2D eigenvalue weighted by atomic mass is 35.5. The number of rotatable bonds is 8. The van der Waals surface area contributed by atoms with E-state index in [9.17, 15) is 4.79 Å². The van der Waals surface area contributed by atoms with Gasteiger partial charge < -0.3 is 9.88 Å². The van der Waals surface area contributed by atoms with Gasteiger partial charge >= 0.3 is 0 Å². The number of amides is 1. The molecule has 7 heteroatoms. The summed E-state index contributed by atoms with van der Waals surface area (Å²) in [7, 11) is 0. The molecule has 0 atom stereocenters. The van der Waals surface area contributed by atoms with Crippen molar-refractivity contribution in [1.82, 2.24) is 14.8 Å². The maximum atomic E-state index is 12.1. The number of halogens is 1. The third kappa shape index (κ3) is 5.55. The van der Waals surface area contributed by atoms with Gasteiger partial charge in [-0.3, -0.25) is 4.79 Å². The standard InChI is InChI=1S/C16H21ClN4OS/c1-3-4-5-8-21-11-18-20-16(21)23-10-15(22)19-14-7-6-12(2)9-13(14)17/h6-7,9,11H,3-5,8,10H2,1-2H3,(H,19,22). The second-order valence-corrected chi connectivity index (χ2v) is 6.68. The summed E-state index contributed by atoms with van der Waals surface area (Å²) in [5.74, 6) is 0.167. The number of nitrogens with zero attached hydrogens (tertiary/aromatic N) is 3. The minimum atomic E-state index is -0.108. The monoisotopic (exact) mass is 352 g/mol. The molecule has 1 amide bonds. The third-order valence-electron chi connectivity index (χ3n) is 3.31. The van der Waals surface area contributed by atoms with E-state index in [1.807, 2.05) is 29.7 Å². The fourth-order valence-electron chi connectivity index (χ4n) is 2.08. The maximum absolute atomic E-state index is 12.1. The zero-order valence-electron chi connectivity index (χ0n) is 13.4. The van der Waals surface area contributed by atoms with Crippen LogP contribution in [0.3, 0.4) is 0 Å². The van der Waals surface area contributed by atoms with Gasteiger partial charge in [0.05, 0.1) is 16.5 Å². The van der Waals surface area contributed by atoms with Gasteiger partial charge in [-0.15, -0.1) is 10.2 Å². The number of nitrogens with one attached hydrogen (secondary N) is 1. The number of carbonyl (C=O) groups excluding carboxylic acids is 1. The molecule has 0 unspecified atom stereocenters. The van der Waals surface area contributed by atoms with Crippen molar-refractivity contribution in [2.45, 2.75) is 44.8 Å². The molecule has 0 saturated heterocycles. The summed E-state index contributed by atoms with van der Waals surface area (Å²) in [4.78, 5) is 12.1. The van der Waals surface area contributed by atoms with E-state index in [1.54, 1.807) is 6.33 Å². The highest BCUT2D eigenvalue weighted by Crippen LogP contribution is 2.23. The van der Waals surface area contributed by atoms with Crippen molar-refractivity contribution in [3.05, 3.63) is 35.1 Å². The number of hydrogen-bond donors (Lipinski definition) is 1. The molecule has 0 spiro atoms. The number of anilines is 1. The Balaban J connectivity index is 1.86. The van der Waals surface area contributed by atoms with Crippen molar-refractivity contribution >= 4 is 35.0 Å². The summed E-state index contributed by atoms with van der Waals surface area (Å²) in [5.41, 5.74) is 1.69. The summed E-state index contributed by atoms with van der Waals surface area (Å²) in [5, 5.41) is 12.1. The second-order valence-electron chi connectivity index (χ2n) is 5.33. The lowest BCUT2D eigenvalue weighted by Crippen LogP contribution is -2.15. The predicted octanol–water partition coefficient (Wildman–Crippen LogP) is 4.16. The Morgan fingerprint density at radius 3 is 2.96 bits per heavy atom. The van der Waals surface area contributed by atoms with Crippen molar-refractivity contribution in [2.24, 2.45) is 0 Å². The summed E-state index contributed by atoms with van der Waals surface area (Å²) >= 11 is 7.50. The van der Waals surface area contributed by atoms with E-state index < -0.39 is 0 Å².